The number of aromatic carboxylic acids is 1. The zero-order valence-electron chi connectivity index (χ0n) is 21.9. The number of rotatable bonds is 6. The first-order valence-corrected chi connectivity index (χ1v) is 14.6. The molecule has 3 heterocycles. The normalized spacial score (nSPS) is 20.7. The number of carboxylic acid groups (broad SMARTS) is 1. The van der Waals surface area contributed by atoms with E-state index in [1.165, 1.54) is 85.9 Å². The maximum atomic E-state index is 11.9. The average Bonchev–Trinajstić information content (AvgIpc) is 3.47. The molecule has 196 valence electrons. The molecule has 3 aromatic rings. The molecular formula is C31H38ClN3O2. The molecule has 0 bridgehead atoms. The molecule has 3 aliphatic rings. The lowest BCUT2D eigenvalue weighted by Crippen LogP contribution is -2.35. The molecule has 1 saturated carbocycles. The minimum Gasteiger partial charge on any atom is -0.478 e. The van der Waals surface area contributed by atoms with Crippen molar-refractivity contribution >= 4 is 34.2 Å². The van der Waals surface area contributed by atoms with Gasteiger partial charge in [0.1, 0.15) is 0 Å². The van der Waals surface area contributed by atoms with Gasteiger partial charge >= 0.3 is 5.97 Å². The average molecular weight is 520 g/mol. The van der Waals surface area contributed by atoms with Crippen LogP contribution in [0.1, 0.15) is 73.7 Å². The maximum absolute atomic E-state index is 11.9. The minimum absolute atomic E-state index is 0.361. The Morgan fingerprint density at radius 1 is 1.00 bits per heavy atom. The highest BCUT2D eigenvalue weighted by molar-refractivity contribution is 6.31. The van der Waals surface area contributed by atoms with Crippen molar-refractivity contribution in [3.05, 3.63) is 52.5 Å². The van der Waals surface area contributed by atoms with Gasteiger partial charge in [-0.15, -0.1) is 0 Å². The summed E-state index contributed by atoms with van der Waals surface area (Å²) in [6.07, 6.45) is 8.82. The van der Waals surface area contributed by atoms with Crippen molar-refractivity contribution in [3.63, 3.8) is 0 Å². The number of fused-ring (bicyclic) bond motifs is 5. The second kappa shape index (κ2) is 10.3. The van der Waals surface area contributed by atoms with Gasteiger partial charge in [-0.2, -0.15) is 0 Å². The van der Waals surface area contributed by atoms with Crippen LogP contribution in [0, 0.1) is 5.92 Å². The van der Waals surface area contributed by atoms with Gasteiger partial charge in [0, 0.05) is 59.9 Å². The summed E-state index contributed by atoms with van der Waals surface area (Å²) in [5.41, 5.74) is 6.58. The summed E-state index contributed by atoms with van der Waals surface area (Å²) in [6.45, 7) is 8.48. The molecule has 2 fully saturated rings. The van der Waals surface area contributed by atoms with E-state index in [1.54, 1.807) is 6.07 Å². The lowest BCUT2D eigenvalue weighted by atomic mass is 9.81. The number of halogens is 1. The fraction of sp³-hybridized carbons (Fsp3) is 0.516. The van der Waals surface area contributed by atoms with Crippen molar-refractivity contribution in [3.8, 4) is 11.3 Å². The van der Waals surface area contributed by atoms with Crippen LogP contribution in [0.3, 0.4) is 0 Å². The highest BCUT2D eigenvalue weighted by Gasteiger charge is 2.31. The Morgan fingerprint density at radius 2 is 1.84 bits per heavy atom. The molecule has 0 radical (unpaired) electrons. The van der Waals surface area contributed by atoms with Gasteiger partial charge in [-0.3, -0.25) is 0 Å². The van der Waals surface area contributed by atoms with Crippen LogP contribution in [0.25, 0.3) is 22.2 Å². The summed E-state index contributed by atoms with van der Waals surface area (Å²) < 4.78 is 2.42. The van der Waals surface area contributed by atoms with Crippen LogP contribution in [-0.2, 0) is 6.54 Å². The van der Waals surface area contributed by atoms with E-state index in [0.717, 1.165) is 42.6 Å². The molecule has 1 aliphatic carbocycles. The number of hydrogen-bond acceptors (Lipinski definition) is 3. The standard InChI is InChI=1S/C31H38ClN3O2/c1-2-21-12-13-33(20-21)14-15-34-16-17-35-28-18-23(31(36)37)8-10-25(28)29(22-6-4-3-5-7-22)30(35)26-11-9-24(32)19-27(26)34/h8-11,18-19,21-22H,2-7,12-17,20H2,1H3,(H,36,37). The zero-order chi connectivity index (χ0) is 25.5. The third-order valence-corrected chi connectivity index (χ3v) is 9.38. The second-order valence-corrected chi connectivity index (χ2v) is 11.7. The van der Waals surface area contributed by atoms with E-state index in [-0.39, 0.29) is 0 Å². The Kier molecular flexibility index (Phi) is 6.93. The van der Waals surface area contributed by atoms with Gasteiger partial charge in [0.05, 0.1) is 11.3 Å². The van der Waals surface area contributed by atoms with Crippen LogP contribution >= 0.6 is 11.6 Å². The molecule has 5 nitrogen and oxygen atoms in total. The number of aromatic nitrogens is 1. The SMILES string of the molecule is CCC1CCN(CCN2CCn3c(c(C4CCCCC4)c4ccc(C(=O)O)cc43)-c3ccc(Cl)cc32)C1. The summed E-state index contributed by atoms with van der Waals surface area (Å²) in [4.78, 5) is 17.0. The van der Waals surface area contributed by atoms with Gasteiger partial charge in [-0.1, -0.05) is 50.3 Å². The molecule has 0 spiro atoms. The molecule has 1 saturated heterocycles. The van der Waals surface area contributed by atoms with Gasteiger partial charge in [-0.05, 0) is 73.5 Å². The first-order valence-electron chi connectivity index (χ1n) is 14.2. The third-order valence-electron chi connectivity index (χ3n) is 9.15. The number of likely N-dealkylation sites (tertiary alicyclic amines) is 1. The summed E-state index contributed by atoms with van der Waals surface area (Å²) >= 11 is 6.60. The van der Waals surface area contributed by atoms with E-state index < -0.39 is 5.97 Å². The van der Waals surface area contributed by atoms with Crippen molar-refractivity contribution < 1.29 is 9.90 Å². The molecule has 2 aliphatic heterocycles. The Hall–Kier alpha value is -2.50. The van der Waals surface area contributed by atoms with Crippen molar-refractivity contribution in [2.75, 3.05) is 37.6 Å². The van der Waals surface area contributed by atoms with Crippen molar-refractivity contribution in [1.29, 1.82) is 0 Å². The van der Waals surface area contributed by atoms with E-state index >= 15 is 0 Å². The van der Waals surface area contributed by atoms with Crippen LogP contribution in [-0.4, -0.2) is 53.3 Å². The fourth-order valence-electron chi connectivity index (χ4n) is 7.09. The van der Waals surface area contributed by atoms with Gasteiger partial charge in [0.2, 0.25) is 0 Å². The molecule has 37 heavy (non-hydrogen) atoms. The summed E-state index contributed by atoms with van der Waals surface area (Å²) in [5, 5.41) is 11.8. The first kappa shape index (κ1) is 24.8. The monoisotopic (exact) mass is 519 g/mol. The van der Waals surface area contributed by atoms with Crippen molar-refractivity contribution in [2.24, 2.45) is 5.92 Å². The Morgan fingerprint density at radius 3 is 2.59 bits per heavy atom. The van der Waals surface area contributed by atoms with E-state index in [1.807, 2.05) is 12.1 Å². The van der Waals surface area contributed by atoms with Crippen LogP contribution < -0.4 is 4.90 Å². The first-order chi connectivity index (χ1) is 18.0. The van der Waals surface area contributed by atoms with E-state index in [4.69, 9.17) is 11.6 Å². The van der Waals surface area contributed by atoms with Gasteiger partial charge in [0.15, 0.2) is 0 Å². The predicted molar refractivity (Wildman–Crippen MR) is 152 cm³/mol. The van der Waals surface area contributed by atoms with E-state index in [2.05, 4.69) is 39.5 Å². The largest absolute Gasteiger partial charge is 0.478 e. The number of hydrogen-bond donors (Lipinski definition) is 1. The lowest BCUT2D eigenvalue weighted by molar-refractivity contribution is 0.0697. The number of anilines is 1. The quantitative estimate of drug-likeness (QED) is 0.372. The van der Waals surface area contributed by atoms with Crippen LogP contribution in [0.4, 0.5) is 5.69 Å². The van der Waals surface area contributed by atoms with Crippen LogP contribution in [0.5, 0.6) is 0 Å². The molecule has 0 amide bonds. The zero-order valence-corrected chi connectivity index (χ0v) is 22.6. The maximum Gasteiger partial charge on any atom is 0.335 e. The third kappa shape index (κ3) is 4.66. The fourth-order valence-corrected chi connectivity index (χ4v) is 7.25. The van der Waals surface area contributed by atoms with Gasteiger partial charge in [0.25, 0.3) is 0 Å². The topological polar surface area (TPSA) is 48.7 Å². The minimum atomic E-state index is -0.866. The van der Waals surface area contributed by atoms with E-state index in [9.17, 15) is 9.90 Å². The van der Waals surface area contributed by atoms with E-state index in [0.29, 0.717) is 11.5 Å². The molecule has 1 aromatic heterocycles. The molecule has 1 atom stereocenters. The summed E-state index contributed by atoms with van der Waals surface area (Å²) in [5.74, 6) is 0.475. The Balaban J connectivity index is 1.45. The summed E-state index contributed by atoms with van der Waals surface area (Å²) in [6, 6.07) is 12.1. The van der Waals surface area contributed by atoms with Crippen LogP contribution in [0.2, 0.25) is 5.02 Å². The molecule has 1 unspecified atom stereocenters. The predicted octanol–water partition coefficient (Wildman–Crippen LogP) is 7.26. The smallest absolute Gasteiger partial charge is 0.335 e. The van der Waals surface area contributed by atoms with Gasteiger partial charge in [-0.25, -0.2) is 4.79 Å². The Labute approximate surface area is 225 Å². The summed E-state index contributed by atoms with van der Waals surface area (Å²) in [7, 11) is 0. The molecule has 6 heteroatoms. The highest BCUT2D eigenvalue weighted by Crippen LogP contribution is 2.47. The Bertz CT molecular complexity index is 1310. The van der Waals surface area contributed by atoms with Crippen LogP contribution in [0.15, 0.2) is 36.4 Å². The number of carbonyl (C=O) groups is 1. The van der Waals surface area contributed by atoms with Crippen molar-refractivity contribution in [2.45, 2.75) is 64.3 Å². The number of benzene rings is 2. The number of carboxylic acids is 1. The van der Waals surface area contributed by atoms with Crippen molar-refractivity contribution in [1.82, 2.24) is 9.47 Å². The molecule has 1 N–H and O–H groups in total. The lowest BCUT2D eigenvalue weighted by Gasteiger charge is -2.28. The molecule has 2 aromatic carbocycles. The second-order valence-electron chi connectivity index (χ2n) is 11.3. The molecule has 6 rings (SSSR count). The van der Waals surface area contributed by atoms with Gasteiger partial charge < -0.3 is 19.5 Å². The highest BCUT2D eigenvalue weighted by atomic mass is 35.5. The molecular weight excluding hydrogens is 482 g/mol. The number of nitrogens with zero attached hydrogens (tertiary/aromatic N) is 3.